The van der Waals surface area contributed by atoms with E-state index in [1.54, 1.807) is 24.3 Å². The average molecular weight is 209 g/mol. The minimum absolute atomic E-state index is 0.423. The fraction of sp³-hybridized carbons (Fsp3) is 0.111. The maximum atomic E-state index is 10.6. The number of nitrogens with one attached hydrogen (secondary N) is 1. The van der Waals surface area contributed by atoms with Gasteiger partial charge in [-0.05, 0) is 0 Å². The molecule has 1 aromatic rings. The second-order valence-corrected chi connectivity index (χ2v) is 2.94. The number of carboxylic acid groups (broad SMARTS) is 1. The molecule has 0 saturated heterocycles. The van der Waals surface area contributed by atoms with Crippen molar-refractivity contribution in [1.82, 2.24) is 0 Å². The van der Waals surface area contributed by atoms with Crippen molar-refractivity contribution in [2.24, 2.45) is 0 Å². The summed E-state index contributed by atoms with van der Waals surface area (Å²) >= 11 is 0. The van der Waals surface area contributed by atoms with Crippen LogP contribution in [0, 0.1) is 5.63 Å². The van der Waals surface area contributed by atoms with E-state index in [-0.39, 0.29) is 0 Å². The molecule has 72 valence electrons. The zero-order chi connectivity index (χ0) is 10.4. The van der Waals surface area contributed by atoms with E-state index in [2.05, 4.69) is 10.9 Å². The van der Waals surface area contributed by atoms with E-state index in [0.717, 1.165) is 0 Å². The van der Waals surface area contributed by atoms with Crippen LogP contribution in [0.25, 0.3) is 0 Å². The van der Waals surface area contributed by atoms with Gasteiger partial charge in [0.2, 0.25) is 0 Å². The van der Waals surface area contributed by atoms with Gasteiger partial charge in [0.05, 0.1) is 0 Å². The van der Waals surface area contributed by atoms with Crippen molar-refractivity contribution >= 4 is 19.6 Å². The van der Waals surface area contributed by atoms with Gasteiger partial charge in [0, 0.05) is 0 Å². The van der Waals surface area contributed by atoms with Crippen LogP contribution < -0.4 is 5.32 Å². The maximum absolute atomic E-state index is 10.6. The molecule has 1 aromatic carbocycles. The molecule has 4 nitrogen and oxygen atoms in total. The van der Waals surface area contributed by atoms with E-state index in [9.17, 15) is 9.36 Å². The molecule has 1 atom stereocenters. The van der Waals surface area contributed by atoms with Crippen molar-refractivity contribution in [1.29, 1.82) is 0 Å². The van der Waals surface area contributed by atoms with Crippen molar-refractivity contribution in [3.05, 3.63) is 30.3 Å². The van der Waals surface area contributed by atoms with E-state index in [4.69, 9.17) is 5.11 Å². The summed E-state index contributed by atoms with van der Waals surface area (Å²) in [6.45, 7) is 0. The van der Waals surface area contributed by atoms with Crippen LogP contribution in [0.3, 0.4) is 0 Å². The third-order valence-electron chi connectivity index (χ3n) is 1.51. The molecule has 0 bridgehead atoms. The summed E-state index contributed by atoms with van der Waals surface area (Å²) in [6.07, 6.45) is 0. The summed E-state index contributed by atoms with van der Waals surface area (Å²) in [5, 5.41) is 11.4. The Bertz CT molecular complexity index is 412. The number of para-hydroxylation sites is 1. The van der Waals surface area contributed by atoms with E-state index in [1.165, 1.54) is 0 Å². The molecule has 0 radical (unpaired) electrons. The summed E-state index contributed by atoms with van der Waals surface area (Å²) in [5.74, 6) is -1.11. The first-order chi connectivity index (χ1) is 6.74. The Morgan fingerprint density at radius 2 is 2.07 bits per heavy atom. The molecular formula is C9H8NO3P. The third-order valence-corrected chi connectivity index (χ3v) is 1.88. The molecule has 1 rings (SSSR count). The number of rotatable bonds is 3. The molecule has 0 saturated carbocycles. The summed E-state index contributed by atoms with van der Waals surface area (Å²) in [4.78, 5) is 10.6. The number of hydrogen-bond donors (Lipinski definition) is 2. The van der Waals surface area contributed by atoms with Crippen molar-refractivity contribution in [2.45, 2.75) is 6.04 Å². The Kier molecular flexibility index (Phi) is 3.99. The van der Waals surface area contributed by atoms with Crippen molar-refractivity contribution in [3.8, 4) is 5.63 Å². The fourth-order valence-corrected chi connectivity index (χ4v) is 1.18. The van der Waals surface area contributed by atoms with Gasteiger partial charge in [0.15, 0.2) is 0 Å². The van der Waals surface area contributed by atoms with Crippen LogP contribution in [0.1, 0.15) is 0 Å². The van der Waals surface area contributed by atoms with Gasteiger partial charge in [0.1, 0.15) is 0 Å². The van der Waals surface area contributed by atoms with Gasteiger partial charge in [-0.2, -0.15) is 0 Å². The fourth-order valence-electron chi connectivity index (χ4n) is 0.903. The Morgan fingerprint density at radius 1 is 1.43 bits per heavy atom. The standard InChI is InChI=1S/C9H8NO3P/c11-9(12)8(6-14-13)10-7-4-2-1-3-5-7/h1-5,8,10H,(H,11,12)/t8-/m0/s1. The second kappa shape index (κ2) is 5.28. The molecule has 0 spiro atoms. The van der Waals surface area contributed by atoms with Crippen LogP contribution >= 0.6 is 7.92 Å². The topological polar surface area (TPSA) is 66.4 Å². The van der Waals surface area contributed by atoms with Gasteiger partial charge < -0.3 is 0 Å². The van der Waals surface area contributed by atoms with E-state index in [0.29, 0.717) is 5.69 Å². The number of carboxylic acids is 1. The second-order valence-electron chi connectivity index (χ2n) is 2.50. The third kappa shape index (κ3) is 3.09. The SMILES string of the molecule is O=P#C[C@H](Nc1ccccc1)C(=O)O. The molecule has 0 aliphatic rings. The average Bonchev–Trinajstić information content (AvgIpc) is 2.18. The van der Waals surface area contributed by atoms with Gasteiger partial charge in [-0.25, -0.2) is 0 Å². The minimum atomic E-state index is -1.11. The molecular weight excluding hydrogens is 201 g/mol. The first kappa shape index (κ1) is 10.6. The molecule has 0 aromatic heterocycles. The first-order valence-corrected chi connectivity index (χ1v) is 4.67. The molecule has 0 fully saturated rings. The molecule has 0 amide bonds. The molecule has 0 heterocycles. The normalized spacial score (nSPS) is 11.1. The Labute approximate surface area is 82.1 Å². The quantitative estimate of drug-likeness (QED) is 0.745. The van der Waals surface area contributed by atoms with E-state index in [1.807, 2.05) is 6.07 Å². The number of benzene rings is 1. The van der Waals surface area contributed by atoms with Gasteiger partial charge >= 0.3 is 81.4 Å². The van der Waals surface area contributed by atoms with Gasteiger partial charge in [-0.15, -0.1) is 0 Å². The molecule has 14 heavy (non-hydrogen) atoms. The molecule has 0 unspecified atom stereocenters. The number of hydrogen-bond acceptors (Lipinski definition) is 3. The Morgan fingerprint density at radius 3 is 2.57 bits per heavy atom. The molecule has 0 aliphatic heterocycles. The van der Waals surface area contributed by atoms with Gasteiger partial charge in [0.25, 0.3) is 0 Å². The molecule has 0 aliphatic carbocycles. The van der Waals surface area contributed by atoms with Crippen LogP contribution in [0.2, 0.25) is 0 Å². The summed E-state index contributed by atoms with van der Waals surface area (Å²) in [6, 6.07) is 7.75. The van der Waals surface area contributed by atoms with Crippen LogP contribution in [0.4, 0.5) is 5.69 Å². The summed E-state index contributed by atoms with van der Waals surface area (Å²) in [7, 11) is -0.423. The van der Waals surface area contributed by atoms with Crippen LogP contribution in [0.15, 0.2) is 30.3 Å². The van der Waals surface area contributed by atoms with Crippen molar-refractivity contribution in [3.63, 3.8) is 0 Å². The zero-order valence-corrected chi connectivity index (χ0v) is 8.07. The van der Waals surface area contributed by atoms with Crippen LogP contribution in [0.5, 0.6) is 0 Å². The summed E-state index contributed by atoms with van der Waals surface area (Å²) in [5.41, 5.74) is 2.89. The monoisotopic (exact) mass is 209 g/mol. The van der Waals surface area contributed by atoms with Crippen LogP contribution in [-0.2, 0) is 9.36 Å². The zero-order valence-electron chi connectivity index (χ0n) is 7.18. The molecule has 5 heteroatoms. The first-order valence-electron chi connectivity index (χ1n) is 3.86. The Balaban J connectivity index is 2.78. The number of aliphatic carboxylic acids is 1. The molecule has 2 N–H and O–H groups in total. The predicted molar refractivity (Wildman–Crippen MR) is 53.0 cm³/mol. The number of carbonyl (C=O) groups is 1. The Hall–Kier alpha value is -1.50. The van der Waals surface area contributed by atoms with Crippen molar-refractivity contribution in [2.75, 3.05) is 5.32 Å². The summed E-state index contributed by atoms with van der Waals surface area (Å²) < 4.78 is 10.2. The van der Waals surface area contributed by atoms with Gasteiger partial charge in [-0.1, -0.05) is 0 Å². The van der Waals surface area contributed by atoms with E-state index >= 15 is 0 Å². The van der Waals surface area contributed by atoms with Gasteiger partial charge in [-0.3, -0.25) is 0 Å². The predicted octanol–water partition coefficient (Wildman–Crippen LogP) is 1.80. The van der Waals surface area contributed by atoms with Crippen LogP contribution in [-0.4, -0.2) is 17.1 Å². The van der Waals surface area contributed by atoms with E-state index < -0.39 is 19.9 Å². The van der Waals surface area contributed by atoms with Crippen molar-refractivity contribution < 1.29 is 14.5 Å². The number of anilines is 1.